The van der Waals surface area contributed by atoms with Crippen molar-refractivity contribution in [2.75, 3.05) is 18.2 Å². The standard InChI is InChI=1S/C12H14INO4/c1-14(12(16)18-9-13)7-11(15)17-8-10-5-3-2-4-6-10/h2-6H,7-9H2,1H3. The largest absolute Gasteiger partial charge is 0.459 e. The van der Waals surface area contributed by atoms with Crippen molar-refractivity contribution in [1.82, 2.24) is 4.90 Å². The van der Waals surface area contributed by atoms with Crippen molar-refractivity contribution in [3.63, 3.8) is 0 Å². The number of hydrogen-bond acceptors (Lipinski definition) is 4. The predicted octanol–water partition coefficient (Wildman–Crippen LogP) is 2.19. The third-order valence-electron chi connectivity index (χ3n) is 2.10. The van der Waals surface area contributed by atoms with Gasteiger partial charge in [-0.2, -0.15) is 0 Å². The first-order valence-electron chi connectivity index (χ1n) is 5.27. The number of rotatable bonds is 5. The lowest BCUT2D eigenvalue weighted by molar-refractivity contribution is -0.145. The zero-order chi connectivity index (χ0) is 13.4. The van der Waals surface area contributed by atoms with Crippen molar-refractivity contribution in [1.29, 1.82) is 0 Å². The van der Waals surface area contributed by atoms with E-state index in [0.29, 0.717) is 0 Å². The summed E-state index contributed by atoms with van der Waals surface area (Å²) >= 11 is 1.91. The second-order valence-corrected chi connectivity index (χ2v) is 4.14. The Morgan fingerprint density at radius 3 is 2.50 bits per heavy atom. The molecule has 0 fully saturated rings. The van der Waals surface area contributed by atoms with E-state index in [-0.39, 0.29) is 17.8 Å². The van der Waals surface area contributed by atoms with Gasteiger partial charge in [0, 0.05) is 7.05 Å². The Morgan fingerprint density at radius 1 is 1.22 bits per heavy atom. The van der Waals surface area contributed by atoms with Gasteiger partial charge in [0.1, 0.15) is 17.8 Å². The maximum atomic E-state index is 11.5. The normalized spacial score (nSPS) is 9.67. The minimum atomic E-state index is -0.541. The van der Waals surface area contributed by atoms with E-state index in [1.54, 1.807) is 0 Å². The third-order valence-corrected chi connectivity index (χ3v) is 2.41. The van der Waals surface area contributed by atoms with Crippen molar-refractivity contribution in [2.45, 2.75) is 6.61 Å². The number of ether oxygens (including phenoxy) is 2. The Labute approximate surface area is 119 Å². The number of carbonyl (C=O) groups is 2. The Balaban J connectivity index is 2.31. The molecule has 0 saturated heterocycles. The number of hydrogen-bond donors (Lipinski definition) is 0. The van der Waals surface area contributed by atoms with E-state index < -0.39 is 12.1 Å². The molecule has 0 N–H and O–H groups in total. The summed E-state index contributed by atoms with van der Waals surface area (Å²) in [5.41, 5.74) is 0.906. The van der Waals surface area contributed by atoms with Gasteiger partial charge in [0.2, 0.25) is 0 Å². The van der Waals surface area contributed by atoms with Crippen molar-refractivity contribution in [3.8, 4) is 0 Å². The predicted molar refractivity (Wildman–Crippen MR) is 74.2 cm³/mol. The molecule has 1 aromatic rings. The van der Waals surface area contributed by atoms with Gasteiger partial charge in [-0.05, 0) is 28.2 Å². The van der Waals surface area contributed by atoms with Gasteiger partial charge in [-0.3, -0.25) is 4.79 Å². The summed E-state index contributed by atoms with van der Waals surface area (Å²) in [6.07, 6.45) is -0.541. The van der Waals surface area contributed by atoms with E-state index in [9.17, 15) is 9.59 Å². The highest BCUT2D eigenvalue weighted by Gasteiger charge is 2.14. The molecular weight excluding hydrogens is 349 g/mol. The van der Waals surface area contributed by atoms with Crippen LogP contribution in [0.3, 0.4) is 0 Å². The van der Waals surface area contributed by atoms with Crippen molar-refractivity contribution in [3.05, 3.63) is 35.9 Å². The van der Waals surface area contributed by atoms with E-state index in [0.717, 1.165) is 5.56 Å². The fourth-order valence-electron chi connectivity index (χ4n) is 1.20. The first-order valence-corrected chi connectivity index (χ1v) is 6.79. The Bertz CT molecular complexity index is 396. The number of amides is 1. The number of carbonyl (C=O) groups excluding carboxylic acids is 2. The molecule has 0 bridgehead atoms. The third kappa shape index (κ3) is 5.35. The summed E-state index contributed by atoms with van der Waals surface area (Å²) < 4.78 is 10.0. The summed E-state index contributed by atoms with van der Waals surface area (Å²) in [4.78, 5) is 23.9. The molecule has 0 radical (unpaired) electrons. The second kappa shape index (κ2) is 7.91. The van der Waals surface area contributed by atoms with Crippen LogP contribution < -0.4 is 0 Å². The molecule has 0 aromatic heterocycles. The zero-order valence-electron chi connectivity index (χ0n) is 9.97. The molecule has 1 rings (SSSR count). The van der Waals surface area contributed by atoms with Gasteiger partial charge in [-0.15, -0.1) is 0 Å². The fourth-order valence-corrected chi connectivity index (χ4v) is 1.47. The summed E-state index contributed by atoms with van der Waals surface area (Å²) in [6, 6.07) is 9.35. The molecule has 0 aliphatic carbocycles. The van der Waals surface area contributed by atoms with E-state index in [1.165, 1.54) is 11.9 Å². The number of benzene rings is 1. The van der Waals surface area contributed by atoms with Crippen LogP contribution in [0.15, 0.2) is 30.3 Å². The van der Waals surface area contributed by atoms with E-state index >= 15 is 0 Å². The molecule has 98 valence electrons. The molecular formula is C12H14INO4. The maximum Gasteiger partial charge on any atom is 0.410 e. The lowest BCUT2D eigenvalue weighted by Gasteiger charge is -2.15. The molecule has 18 heavy (non-hydrogen) atoms. The first-order chi connectivity index (χ1) is 8.63. The zero-order valence-corrected chi connectivity index (χ0v) is 12.1. The number of likely N-dealkylation sites (N-methyl/N-ethyl adjacent to an activating group) is 1. The molecule has 0 saturated carbocycles. The average Bonchev–Trinajstić information content (AvgIpc) is 2.38. The first kappa shape index (κ1) is 14.7. The second-order valence-electron chi connectivity index (χ2n) is 3.52. The molecule has 1 aromatic carbocycles. The maximum absolute atomic E-state index is 11.5. The van der Waals surface area contributed by atoms with Crippen LogP contribution >= 0.6 is 22.6 Å². The topological polar surface area (TPSA) is 55.8 Å². The van der Waals surface area contributed by atoms with Gasteiger partial charge < -0.3 is 14.4 Å². The van der Waals surface area contributed by atoms with Gasteiger partial charge in [0.25, 0.3) is 0 Å². The molecule has 1 amide bonds. The van der Waals surface area contributed by atoms with Crippen LogP contribution in [0.1, 0.15) is 5.56 Å². The Kier molecular flexibility index (Phi) is 6.48. The van der Waals surface area contributed by atoms with Crippen molar-refractivity contribution in [2.24, 2.45) is 0 Å². The van der Waals surface area contributed by atoms with Crippen LogP contribution in [-0.4, -0.2) is 35.2 Å². The number of esters is 1. The molecule has 0 spiro atoms. The smallest absolute Gasteiger partial charge is 0.410 e. The monoisotopic (exact) mass is 363 g/mol. The minimum Gasteiger partial charge on any atom is -0.459 e. The molecule has 0 aliphatic rings. The molecule has 0 heterocycles. The van der Waals surface area contributed by atoms with Gasteiger partial charge in [0.05, 0.1) is 0 Å². The Morgan fingerprint density at radius 2 is 1.89 bits per heavy atom. The molecule has 6 heteroatoms. The molecule has 0 unspecified atom stereocenters. The molecule has 0 atom stereocenters. The highest BCUT2D eigenvalue weighted by Crippen LogP contribution is 2.01. The number of halogens is 1. The van der Waals surface area contributed by atoms with E-state index in [2.05, 4.69) is 0 Å². The summed E-state index contributed by atoms with van der Waals surface area (Å²) in [6.45, 7) is 0.0805. The average molecular weight is 363 g/mol. The summed E-state index contributed by atoms with van der Waals surface area (Å²) in [7, 11) is 1.48. The van der Waals surface area contributed by atoms with E-state index in [1.807, 2.05) is 52.9 Å². The highest BCUT2D eigenvalue weighted by molar-refractivity contribution is 14.1. The van der Waals surface area contributed by atoms with Gasteiger partial charge >= 0.3 is 12.1 Å². The fraction of sp³-hybridized carbons (Fsp3) is 0.333. The van der Waals surface area contributed by atoms with Crippen LogP contribution in [0.25, 0.3) is 0 Å². The number of nitrogens with zero attached hydrogens (tertiary/aromatic N) is 1. The lowest BCUT2D eigenvalue weighted by atomic mass is 10.2. The summed E-state index contributed by atoms with van der Waals surface area (Å²) in [5, 5.41) is 0. The van der Waals surface area contributed by atoms with Crippen LogP contribution in [0.5, 0.6) is 0 Å². The Hall–Kier alpha value is -1.31. The lowest BCUT2D eigenvalue weighted by Crippen LogP contribution is -2.33. The van der Waals surface area contributed by atoms with Crippen molar-refractivity contribution < 1.29 is 19.1 Å². The number of alkyl halides is 1. The highest BCUT2D eigenvalue weighted by atomic mass is 127. The van der Waals surface area contributed by atoms with Crippen LogP contribution in [0.2, 0.25) is 0 Å². The van der Waals surface area contributed by atoms with Crippen LogP contribution in [0.4, 0.5) is 4.79 Å². The molecule has 5 nitrogen and oxygen atoms in total. The van der Waals surface area contributed by atoms with Crippen LogP contribution in [-0.2, 0) is 20.9 Å². The van der Waals surface area contributed by atoms with Crippen LogP contribution in [0, 0.1) is 0 Å². The van der Waals surface area contributed by atoms with E-state index in [4.69, 9.17) is 9.47 Å². The van der Waals surface area contributed by atoms with Gasteiger partial charge in [-0.1, -0.05) is 30.3 Å². The molecule has 0 aliphatic heterocycles. The quantitative estimate of drug-likeness (QED) is 0.457. The minimum absolute atomic E-state index is 0.123. The SMILES string of the molecule is CN(CC(=O)OCc1ccccc1)C(=O)OCI. The summed E-state index contributed by atoms with van der Waals surface area (Å²) in [5.74, 6) is -0.466. The van der Waals surface area contributed by atoms with Gasteiger partial charge in [-0.25, -0.2) is 4.79 Å². The van der Waals surface area contributed by atoms with Crippen molar-refractivity contribution >= 4 is 34.7 Å². The van der Waals surface area contributed by atoms with Gasteiger partial charge in [0.15, 0.2) is 0 Å².